The minimum atomic E-state index is -0.227. The first-order valence-corrected chi connectivity index (χ1v) is 11.8. The molecule has 2 aliphatic rings. The number of carbonyl (C=O) groups is 3. The van der Waals surface area contributed by atoms with Crippen molar-refractivity contribution in [2.45, 2.75) is 30.6 Å². The molecule has 2 aromatic carbocycles. The molecule has 0 aromatic heterocycles. The predicted molar refractivity (Wildman–Crippen MR) is 123 cm³/mol. The Balaban J connectivity index is 1.38. The molecule has 0 spiro atoms. The topological polar surface area (TPSA) is 69.7 Å². The van der Waals surface area contributed by atoms with Crippen LogP contribution in [0, 0.1) is 0 Å². The van der Waals surface area contributed by atoms with Crippen molar-refractivity contribution >= 4 is 35.2 Å². The number of hydrogen-bond donors (Lipinski definition) is 1. The van der Waals surface area contributed by atoms with Crippen molar-refractivity contribution in [1.29, 1.82) is 0 Å². The maximum absolute atomic E-state index is 12.9. The van der Waals surface area contributed by atoms with Crippen LogP contribution in [0.2, 0.25) is 0 Å². The van der Waals surface area contributed by atoms with E-state index >= 15 is 0 Å². The summed E-state index contributed by atoms with van der Waals surface area (Å²) in [7, 11) is 0. The second kappa shape index (κ2) is 10.0. The fourth-order valence-electron chi connectivity index (χ4n) is 3.97. The van der Waals surface area contributed by atoms with Crippen molar-refractivity contribution in [2.24, 2.45) is 0 Å². The number of rotatable bonds is 6. The Labute approximate surface area is 187 Å². The van der Waals surface area contributed by atoms with E-state index in [9.17, 15) is 14.4 Å². The molecule has 0 radical (unpaired) electrons. The van der Waals surface area contributed by atoms with Gasteiger partial charge in [0.25, 0.3) is 11.8 Å². The normalized spacial score (nSPS) is 15.9. The van der Waals surface area contributed by atoms with Crippen LogP contribution in [0.1, 0.15) is 46.4 Å². The van der Waals surface area contributed by atoms with Gasteiger partial charge < -0.3 is 15.1 Å². The van der Waals surface area contributed by atoms with E-state index in [1.54, 1.807) is 30.3 Å². The predicted octanol–water partition coefficient (Wildman–Crippen LogP) is 3.89. The third-order valence-electron chi connectivity index (χ3n) is 5.72. The molecule has 2 saturated heterocycles. The van der Waals surface area contributed by atoms with E-state index in [1.165, 1.54) is 11.8 Å². The Morgan fingerprint density at radius 2 is 1.42 bits per heavy atom. The number of likely N-dealkylation sites (tertiary alicyclic amines) is 2. The average Bonchev–Trinajstić information content (AvgIpc) is 3.52. The second-order valence-corrected chi connectivity index (χ2v) is 8.92. The van der Waals surface area contributed by atoms with Gasteiger partial charge in [-0.15, -0.1) is 11.8 Å². The summed E-state index contributed by atoms with van der Waals surface area (Å²) in [4.78, 5) is 42.2. The monoisotopic (exact) mass is 437 g/mol. The first kappa shape index (κ1) is 21.4. The van der Waals surface area contributed by atoms with E-state index in [0.717, 1.165) is 56.8 Å². The molecule has 0 unspecified atom stereocenters. The third kappa shape index (κ3) is 5.28. The van der Waals surface area contributed by atoms with Crippen LogP contribution in [0.5, 0.6) is 0 Å². The number of hydrogen-bond acceptors (Lipinski definition) is 4. The molecule has 7 heteroatoms. The molecule has 2 fully saturated rings. The molecular weight excluding hydrogens is 410 g/mol. The minimum Gasteiger partial charge on any atom is -0.342 e. The van der Waals surface area contributed by atoms with E-state index in [2.05, 4.69) is 5.32 Å². The van der Waals surface area contributed by atoms with Crippen LogP contribution >= 0.6 is 11.8 Å². The number of thioether (sulfide) groups is 1. The zero-order valence-corrected chi connectivity index (χ0v) is 18.3. The highest BCUT2D eigenvalue weighted by Gasteiger charge is 2.21. The molecule has 0 saturated carbocycles. The van der Waals surface area contributed by atoms with Crippen LogP contribution in [-0.2, 0) is 4.79 Å². The van der Waals surface area contributed by atoms with E-state index < -0.39 is 0 Å². The Hall–Kier alpha value is -2.80. The SMILES string of the molecule is O=C(Nc1ccc(C(=O)N2CCCC2)cc1)c1ccccc1SCC(=O)N1CCCC1. The summed E-state index contributed by atoms with van der Waals surface area (Å²) in [6.45, 7) is 3.29. The van der Waals surface area contributed by atoms with E-state index in [-0.39, 0.29) is 17.7 Å². The summed E-state index contributed by atoms with van der Waals surface area (Å²) in [5.74, 6) is 0.267. The Kier molecular flexibility index (Phi) is 6.92. The molecule has 0 aliphatic carbocycles. The summed E-state index contributed by atoms with van der Waals surface area (Å²) in [5.41, 5.74) is 1.81. The molecule has 6 nitrogen and oxygen atoms in total. The van der Waals surface area contributed by atoms with Gasteiger partial charge in [0.1, 0.15) is 0 Å². The smallest absolute Gasteiger partial charge is 0.256 e. The maximum atomic E-state index is 12.9. The Morgan fingerprint density at radius 1 is 0.806 bits per heavy atom. The van der Waals surface area contributed by atoms with Crippen molar-refractivity contribution in [3.05, 3.63) is 59.7 Å². The van der Waals surface area contributed by atoms with Crippen LogP contribution in [-0.4, -0.2) is 59.5 Å². The van der Waals surface area contributed by atoms with E-state index in [0.29, 0.717) is 22.6 Å². The zero-order valence-electron chi connectivity index (χ0n) is 17.5. The van der Waals surface area contributed by atoms with Crippen LogP contribution in [0.4, 0.5) is 5.69 Å². The zero-order chi connectivity index (χ0) is 21.6. The highest BCUT2D eigenvalue weighted by atomic mass is 32.2. The Bertz CT molecular complexity index is 949. The van der Waals surface area contributed by atoms with Gasteiger partial charge in [-0.05, 0) is 62.1 Å². The van der Waals surface area contributed by atoms with Crippen molar-refractivity contribution in [3.63, 3.8) is 0 Å². The standard InChI is InChI=1S/C24H27N3O3S/c28-22(26-13-3-4-14-26)17-31-21-8-2-1-7-20(21)23(29)25-19-11-9-18(10-12-19)24(30)27-15-5-6-16-27/h1-2,7-12H,3-6,13-17H2,(H,25,29). The van der Waals surface area contributed by atoms with E-state index in [1.807, 2.05) is 28.0 Å². The average molecular weight is 438 g/mol. The Morgan fingerprint density at radius 3 is 2.10 bits per heavy atom. The maximum Gasteiger partial charge on any atom is 0.256 e. The highest BCUT2D eigenvalue weighted by molar-refractivity contribution is 8.00. The lowest BCUT2D eigenvalue weighted by Crippen LogP contribution is -2.29. The first-order chi connectivity index (χ1) is 15.1. The van der Waals surface area contributed by atoms with Gasteiger partial charge in [-0.25, -0.2) is 0 Å². The molecule has 31 heavy (non-hydrogen) atoms. The summed E-state index contributed by atoms with van der Waals surface area (Å²) in [6.07, 6.45) is 4.25. The van der Waals surface area contributed by atoms with Gasteiger partial charge in [0.2, 0.25) is 5.91 Å². The summed E-state index contributed by atoms with van der Waals surface area (Å²) in [6, 6.07) is 14.4. The molecule has 3 amide bonds. The van der Waals surface area contributed by atoms with Crippen molar-refractivity contribution < 1.29 is 14.4 Å². The van der Waals surface area contributed by atoms with Crippen molar-refractivity contribution in [1.82, 2.24) is 9.80 Å². The molecule has 1 N–H and O–H groups in total. The largest absolute Gasteiger partial charge is 0.342 e. The lowest BCUT2D eigenvalue weighted by atomic mass is 10.1. The number of carbonyl (C=O) groups excluding carboxylic acids is 3. The van der Waals surface area contributed by atoms with Gasteiger partial charge >= 0.3 is 0 Å². The molecule has 0 bridgehead atoms. The molecule has 2 aliphatic heterocycles. The van der Waals surface area contributed by atoms with Gasteiger partial charge in [-0.3, -0.25) is 14.4 Å². The van der Waals surface area contributed by atoms with Crippen LogP contribution < -0.4 is 5.32 Å². The second-order valence-electron chi connectivity index (χ2n) is 7.90. The highest BCUT2D eigenvalue weighted by Crippen LogP contribution is 2.25. The minimum absolute atomic E-state index is 0.0415. The third-order valence-corrected chi connectivity index (χ3v) is 6.78. The molecule has 2 aromatic rings. The van der Waals surface area contributed by atoms with Gasteiger partial charge in [-0.2, -0.15) is 0 Å². The summed E-state index contributed by atoms with van der Waals surface area (Å²) < 4.78 is 0. The molecule has 162 valence electrons. The lowest BCUT2D eigenvalue weighted by Gasteiger charge is -2.16. The molecular formula is C24H27N3O3S. The summed E-state index contributed by atoms with van der Waals surface area (Å²) >= 11 is 1.40. The van der Waals surface area contributed by atoms with Gasteiger partial charge in [0, 0.05) is 42.3 Å². The van der Waals surface area contributed by atoms with Gasteiger partial charge in [0.15, 0.2) is 0 Å². The quantitative estimate of drug-likeness (QED) is 0.696. The molecule has 2 heterocycles. The van der Waals surface area contributed by atoms with Crippen LogP contribution in [0.3, 0.4) is 0 Å². The number of anilines is 1. The first-order valence-electron chi connectivity index (χ1n) is 10.8. The molecule has 4 rings (SSSR count). The summed E-state index contributed by atoms with van der Waals surface area (Å²) in [5, 5.41) is 2.90. The van der Waals surface area contributed by atoms with Gasteiger partial charge in [0.05, 0.1) is 11.3 Å². The van der Waals surface area contributed by atoms with Crippen LogP contribution in [0.25, 0.3) is 0 Å². The lowest BCUT2D eigenvalue weighted by molar-refractivity contribution is -0.127. The number of amides is 3. The number of benzene rings is 2. The van der Waals surface area contributed by atoms with E-state index in [4.69, 9.17) is 0 Å². The van der Waals surface area contributed by atoms with Gasteiger partial charge in [-0.1, -0.05) is 12.1 Å². The van der Waals surface area contributed by atoms with Crippen LogP contribution in [0.15, 0.2) is 53.4 Å². The molecule has 0 atom stereocenters. The van der Waals surface area contributed by atoms with Crippen molar-refractivity contribution in [2.75, 3.05) is 37.2 Å². The number of nitrogens with zero attached hydrogens (tertiary/aromatic N) is 2. The van der Waals surface area contributed by atoms with Crippen molar-refractivity contribution in [3.8, 4) is 0 Å². The number of nitrogens with one attached hydrogen (secondary N) is 1. The fraction of sp³-hybridized carbons (Fsp3) is 0.375. The fourth-order valence-corrected chi connectivity index (χ4v) is 4.93.